The maximum absolute atomic E-state index is 13.0. The highest BCUT2D eigenvalue weighted by molar-refractivity contribution is 9.11. The predicted octanol–water partition coefficient (Wildman–Crippen LogP) is 19.2. The molecule has 123 heavy (non-hydrogen) atoms. The molecule has 0 atom stereocenters. The van der Waals surface area contributed by atoms with E-state index in [-0.39, 0.29) is 122 Å². The lowest BCUT2D eigenvalue weighted by Crippen LogP contribution is -2.40. The van der Waals surface area contributed by atoms with Crippen molar-refractivity contribution in [2.45, 2.75) is 278 Å². The lowest BCUT2D eigenvalue weighted by atomic mass is 9.63. The summed E-state index contributed by atoms with van der Waals surface area (Å²) < 4.78 is 15.4. The first kappa shape index (κ1) is 105. The molecule has 1 saturated heterocycles. The predicted molar refractivity (Wildman–Crippen MR) is 523 cm³/mol. The molecule has 11 rings (SSSR count). The van der Waals surface area contributed by atoms with Crippen LogP contribution in [-0.2, 0) is 4.74 Å². The van der Waals surface area contributed by atoms with Crippen LogP contribution in [0.2, 0.25) is 10.0 Å². The molecular weight excluding hydrogens is 1790 g/mol. The molecule has 696 valence electrons. The molecule has 5 aromatic heterocycles. The molecular formula is C93H158Br3Cl2N19O6. The van der Waals surface area contributed by atoms with E-state index in [9.17, 15) is 24.0 Å². The van der Waals surface area contributed by atoms with Crippen molar-refractivity contribution < 1.29 is 4.74 Å². The minimum Gasteiger partial charge on any atom is -0.383 e. The molecule has 3 N–H and O–H groups in total. The molecule has 1 aliphatic heterocycles. The van der Waals surface area contributed by atoms with Crippen molar-refractivity contribution in [2.24, 2.45) is 54.1 Å². The lowest BCUT2D eigenvalue weighted by molar-refractivity contribution is 0.0398. The van der Waals surface area contributed by atoms with E-state index in [2.05, 4.69) is 254 Å². The summed E-state index contributed by atoms with van der Waals surface area (Å²) in [5, 5.41) is 32.9. The Bertz CT molecular complexity index is 4400. The quantitative estimate of drug-likeness (QED) is 0.0520. The van der Waals surface area contributed by atoms with Crippen molar-refractivity contribution in [3.05, 3.63) is 106 Å². The van der Waals surface area contributed by atoms with Gasteiger partial charge in [-0.3, -0.25) is 28.9 Å². The number of morpholine rings is 1. The average molecular weight is 1950 g/mol. The molecule has 6 heterocycles. The Kier molecular flexibility index (Phi) is 37.1. The Hall–Kier alpha value is -4.78. The van der Waals surface area contributed by atoms with E-state index in [4.69, 9.17) is 27.9 Å². The number of rotatable bonds is 24. The maximum atomic E-state index is 13.0. The van der Waals surface area contributed by atoms with Crippen molar-refractivity contribution in [2.75, 3.05) is 167 Å². The van der Waals surface area contributed by atoms with Gasteiger partial charge in [0.05, 0.1) is 103 Å². The van der Waals surface area contributed by atoms with E-state index < -0.39 is 0 Å². The first-order chi connectivity index (χ1) is 56.7. The molecule has 6 aliphatic rings. The first-order valence-electron chi connectivity index (χ1n) is 44.9. The van der Waals surface area contributed by atoms with Crippen molar-refractivity contribution in [3.63, 3.8) is 0 Å². The maximum Gasteiger partial charge on any atom is 0.287 e. The molecule has 0 spiro atoms. The number of likely N-dealkylation sites (N-methyl/N-ethyl adjacent to an activating group) is 5. The normalized spacial score (nSPS) is 21.0. The summed E-state index contributed by atoms with van der Waals surface area (Å²) in [7, 11) is 16.1. The SMILES string of the molecule is CC1(C)CC(n2ncc(NCCN3CCOCC3)c(Br)c2=O)CC(C)(C)C1.CCCNc1cnn(C2CC(C)(C)CC(C)(C)C2)c(=O)c1Br.CN(C)CCN(C)c1cnn(C2CC(C)(C)CC(C)(C)C2)c(=O)c1Cl.CN(C)CCN(C)c1cnn(C2CC(C)(C)CC(C)(C)C2)c(=O)c1Cl.CN(C)CCNc1cnn(C2CC(C)(C)CC(C)(C)C2)c(=O)c1Br. The molecule has 5 aromatic rings. The number of nitrogens with one attached hydrogen (secondary N) is 3. The third kappa shape index (κ3) is 31.5. The molecule has 0 amide bonds. The first-order valence-corrected chi connectivity index (χ1v) is 48.0. The summed E-state index contributed by atoms with van der Waals surface area (Å²) in [5.74, 6) is 0. The topological polar surface area (TPSA) is 239 Å². The zero-order valence-electron chi connectivity index (χ0n) is 80.8. The second-order valence-electron chi connectivity index (χ2n) is 45.4. The van der Waals surface area contributed by atoms with Crippen LogP contribution in [-0.4, -0.2) is 210 Å². The van der Waals surface area contributed by atoms with E-state index >= 15 is 0 Å². The van der Waals surface area contributed by atoms with Crippen LogP contribution in [0.3, 0.4) is 0 Å². The second kappa shape index (κ2) is 43.3. The largest absolute Gasteiger partial charge is 0.383 e. The van der Waals surface area contributed by atoms with Crippen molar-refractivity contribution in [3.8, 4) is 0 Å². The number of hydrogen-bond acceptors (Lipinski definition) is 20. The smallest absolute Gasteiger partial charge is 0.287 e. The third-order valence-corrected chi connectivity index (χ3v) is 28.0. The van der Waals surface area contributed by atoms with Crippen molar-refractivity contribution in [1.29, 1.82) is 0 Å². The van der Waals surface area contributed by atoms with Crippen molar-refractivity contribution in [1.82, 2.24) is 68.5 Å². The fourth-order valence-electron chi connectivity index (χ4n) is 22.0. The fourth-order valence-corrected chi connectivity index (χ4v) is 23.8. The zero-order chi connectivity index (χ0) is 92.3. The van der Waals surface area contributed by atoms with Crippen molar-refractivity contribution >= 4 is 99.4 Å². The molecule has 0 bridgehead atoms. The van der Waals surface area contributed by atoms with Crippen LogP contribution in [0.15, 0.2) is 68.4 Å². The van der Waals surface area contributed by atoms with Gasteiger partial charge in [0.1, 0.15) is 23.5 Å². The van der Waals surface area contributed by atoms with Gasteiger partial charge in [0.15, 0.2) is 0 Å². The van der Waals surface area contributed by atoms with Gasteiger partial charge in [0.25, 0.3) is 27.8 Å². The Morgan fingerprint density at radius 3 is 0.846 bits per heavy atom. The number of halogens is 5. The molecule has 5 aliphatic carbocycles. The van der Waals surface area contributed by atoms with E-state index in [1.165, 1.54) is 19.3 Å². The molecule has 0 unspecified atom stereocenters. The monoisotopic (exact) mass is 1940 g/mol. The summed E-state index contributed by atoms with van der Waals surface area (Å²) in [6.07, 6.45) is 25.4. The summed E-state index contributed by atoms with van der Waals surface area (Å²) in [4.78, 5) is 76.9. The molecule has 30 heteroatoms. The molecule has 5 saturated carbocycles. The molecule has 6 fully saturated rings. The van der Waals surface area contributed by atoms with Gasteiger partial charge < -0.3 is 45.2 Å². The van der Waals surface area contributed by atoms with E-state index in [0.717, 1.165) is 186 Å². The minimum atomic E-state index is -0.172. The zero-order valence-corrected chi connectivity index (χ0v) is 87.0. The third-order valence-electron chi connectivity index (χ3n) is 25.0. The summed E-state index contributed by atoms with van der Waals surface area (Å²) in [5.41, 5.74) is 5.44. The van der Waals surface area contributed by atoms with E-state index in [1.807, 2.05) is 66.2 Å². The minimum absolute atomic E-state index is 0.0281. The lowest BCUT2D eigenvalue weighted by Gasteiger charge is -2.45. The van der Waals surface area contributed by atoms with Crippen LogP contribution < -0.4 is 53.5 Å². The van der Waals surface area contributed by atoms with Gasteiger partial charge in [0.2, 0.25) is 0 Å². The average Bonchev–Trinajstić information content (AvgIpc) is 0.790. The molecule has 0 aromatic carbocycles. The van der Waals surface area contributed by atoms with Gasteiger partial charge in [-0.05, 0) is 247 Å². The summed E-state index contributed by atoms with van der Waals surface area (Å²) in [6.45, 7) is 58.9. The summed E-state index contributed by atoms with van der Waals surface area (Å²) >= 11 is 23.3. The Balaban J connectivity index is 0.000000212. The van der Waals surface area contributed by atoms with Gasteiger partial charge >= 0.3 is 0 Å². The van der Waals surface area contributed by atoms with Gasteiger partial charge in [-0.1, -0.05) is 169 Å². The highest BCUT2D eigenvalue weighted by Crippen LogP contribution is 2.54. The van der Waals surface area contributed by atoms with Crippen LogP contribution in [0.4, 0.5) is 28.4 Å². The van der Waals surface area contributed by atoms with Crippen LogP contribution in [0.1, 0.15) is 278 Å². The number of hydrogen-bond donors (Lipinski definition) is 3. The standard InChI is InChI=1S/C20H33BrN4O2.2C19H33ClN4O.C18H31BrN4O.C17H28BrN3O/c1-19(2)11-15(12-20(3,4)14-19)25-18(26)17(21)16(13-23-25)22-5-6-24-7-9-27-10-8-24;2*1-18(2)10-14(11-19(3,4)13-18)24-17(25)16(20)15(12-21-24)23(7)9-8-22(5)6;1-17(2)9-13(10-18(3,4)12-17)23-16(24)15(19)14(11-21-23)20-7-8-22(5)6;1-6-7-19-13-10-20-21(15(22)14(13)18)12-8-16(2,3)11-17(4,5)9-12/h13,15,22H,5-12,14H2,1-4H3;2*12,14H,8-11,13H2,1-7H3;11,13,20H,7-10,12H2,1-6H3;10,12,19H,6-9,11H2,1-5H3. The van der Waals surface area contributed by atoms with Crippen LogP contribution in [0.25, 0.3) is 0 Å². The van der Waals surface area contributed by atoms with Gasteiger partial charge in [0, 0.05) is 86.1 Å². The van der Waals surface area contributed by atoms with Gasteiger partial charge in [-0.2, -0.15) is 25.5 Å². The Labute approximate surface area is 773 Å². The van der Waals surface area contributed by atoms with Gasteiger partial charge in [-0.15, -0.1) is 0 Å². The second-order valence-corrected chi connectivity index (χ2v) is 48.5. The highest BCUT2D eigenvalue weighted by atomic mass is 79.9. The van der Waals surface area contributed by atoms with E-state index in [0.29, 0.717) is 24.8 Å². The molecule has 25 nitrogen and oxygen atoms in total. The Morgan fingerprint density at radius 1 is 0.358 bits per heavy atom. The van der Waals surface area contributed by atoms with Crippen LogP contribution in [0, 0.1) is 54.1 Å². The number of ether oxygens (including phenoxy) is 1. The van der Waals surface area contributed by atoms with Gasteiger partial charge in [-0.25, -0.2) is 23.4 Å². The number of nitrogens with zero attached hydrogens (tertiary/aromatic N) is 16. The number of anilines is 5. The van der Waals surface area contributed by atoms with Crippen LogP contribution in [0.5, 0.6) is 0 Å². The van der Waals surface area contributed by atoms with E-state index in [1.54, 1.807) is 54.4 Å². The fraction of sp³-hybridized carbons (Fsp3) is 0.785. The van der Waals surface area contributed by atoms with Crippen LogP contribution >= 0.6 is 71.0 Å². The Morgan fingerprint density at radius 2 is 0.593 bits per heavy atom. The highest BCUT2D eigenvalue weighted by Gasteiger charge is 2.46. The number of aromatic nitrogens is 10. The molecule has 0 radical (unpaired) electrons. The summed E-state index contributed by atoms with van der Waals surface area (Å²) in [6, 6.07) is 0.677.